The van der Waals surface area contributed by atoms with Crippen LogP contribution in [0.15, 0.2) is 78.9 Å². The molecule has 3 rings (SSSR count). The van der Waals surface area contributed by atoms with Crippen LogP contribution >= 0.6 is 0 Å². The van der Waals surface area contributed by atoms with Crippen LogP contribution in [0.4, 0.5) is 11.4 Å². The molecule has 0 aliphatic rings. The quantitative estimate of drug-likeness (QED) is 0.265. The smallest absolute Gasteiger partial charge is 0.292 e. The number of carbonyl (C=O) groups excluding carboxylic acids is 2. The third-order valence-corrected chi connectivity index (χ3v) is 4.28. The van der Waals surface area contributed by atoms with Gasteiger partial charge in [0.05, 0.1) is 10.5 Å². The van der Waals surface area contributed by atoms with Crippen molar-refractivity contribution >= 4 is 23.1 Å². The molecule has 29 heavy (non-hydrogen) atoms. The maximum absolute atomic E-state index is 12.7. The summed E-state index contributed by atoms with van der Waals surface area (Å²) >= 11 is 0. The first kappa shape index (κ1) is 19.8. The summed E-state index contributed by atoms with van der Waals surface area (Å²) in [5.74, 6) is -0.608. The second-order valence-corrected chi connectivity index (χ2v) is 6.20. The van der Waals surface area contributed by atoms with Gasteiger partial charge in [-0.05, 0) is 12.1 Å². The molecule has 146 valence electrons. The number of ketones is 1. The number of hydrogen-bond acceptors (Lipinski definition) is 5. The van der Waals surface area contributed by atoms with Crippen LogP contribution in [-0.2, 0) is 0 Å². The largest absolute Gasteiger partial charge is 0.378 e. The topological polar surface area (TPSA) is 101 Å². The first-order valence-corrected chi connectivity index (χ1v) is 9.02. The van der Waals surface area contributed by atoms with E-state index in [1.165, 1.54) is 6.07 Å². The molecule has 0 bridgehead atoms. The van der Waals surface area contributed by atoms with Gasteiger partial charge in [-0.15, -0.1) is 0 Å². The molecule has 0 aliphatic heterocycles. The Labute approximate surface area is 167 Å². The van der Waals surface area contributed by atoms with Crippen molar-refractivity contribution in [3.05, 3.63) is 106 Å². The van der Waals surface area contributed by atoms with Gasteiger partial charge < -0.3 is 10.6 Å². The van der Waals surface area contributed by atoms with Crippen LogP contribution in [-0.4, -0.2) is 29.7 Å². The van der Waals surface area contributed by atoms with Crippen molar-refractivity contribution in [2.75, 3.05) is 18.4 Å². The van der Waals surface area contributed by atoms with E-state index in [1.54, 1.807) is 66.7 Å². The van der Waals surface area contributed by atoms with Gasteiger partial charge in [-0.3, -0.25) is 19.7 Å². The number of carbonyl (C=O) groups is 2. The average molecular weight is 389 g/mol. The maximum Gasteiger partial charge on any atom is 0.292 e. The van der Waals surface area contributed by atoms with Gasteiger partial charge in [0.25, 0.3) is 11.6 Å². The fourth-order valence-electron chi connectivity index (χ4n) is 2.87. The third-order valence-electron chi connectivity index (χ3n) is 4.28. The van der Waals surface area contributed by atoms with Crippen LogP contribution in [0.3, 0.4) is 0 Å². The van der Waals surface area contributed by atoms with Crippen LogP contribution in [0, 0.1) is 10.1 Å². The van der Waals surface area contributed by atoms with Gasteiger partial charge in [-0.1, -0.05) is 60.7 Å². The molecule has 0 radical (unpaired) electrons. The molecule has 7 heteroatoms. The Morgan fingerprint density at radius 2 is 1.41 bits per heavy atom. The lowest BCUT2D eigenvalue weighted by Gasteiger charge is -2.11. The van der Waals surface area contributed by atoms with Gasteiger partial charge >= 0.3 is 0 Å². The Hall–Kier alpha value is -4.00. The normalized spacial score (nSPS) is 10.2. The zero-order valence-electron chi connectivity index (χ0n) is 15.5. The SMILES string of the molecule is O=C(NCCNc1ccccc1[N+](=O)[O-])c1ccccc1C(=O)c1ccccc1. The second-order valence-electron chi connectivity index (χ2n) is 6.20. The van der Waals surface area contributed by atoms with Gasteiger partial charge in [0.2, 0.25) is 0 Å². The average Bonchev–Trinajstić information content (AvgIpc) is 2.77. The fourth-order valence-corrected chi connectivity index (χ4v) is 2.87. The summed E-state index contributed by atoms with van der Waals surface area (Å²) in [7, 11) is 0. The van der Waals surface area contributed by atoms with Crippen molar-refractivity contribution < 1.29 is 14.5 Å². The molecule has 0 aromatic heterocycles. The monoisotopic (exact) mass is 389 g/mol. The van der Waals surface area contributed by atoms with Gasteiger partial charge in [0, 0.05) is 30.3 Å². The summed E-state index contributed by atoms with van der Waals surface area (Å²) in [5, 5.41) is 16.7. The number of amides is 1. The zero-order chi connectivity index (χ0) is 20.6. The minimum atomic E-state index is -0.466. The highest BCUT2D eigenvalue weighted by Crippen LogP contribution is 2.22. The predicted molar refractivity (Wildman–Crippen MR) is 110 cm³/mol. The highest BCUT2D eigenvalue weighted by Gasteiger charge is 2.17. The molecule has 0 aliphatic carbocycles. The lowest BCUT2D eigenvalue weighted by Crippen LogP contribution is -2.30. The van der Waals surface area contributed by atoms with Gasteiger partial charge in [-0.25, -0.2) is 0 Å². The Bertz CT molecular complexity index is 1030. The molecule has 0 spiro atoms. The van der Waals surface area contributed by atoms with Gasteiger partial charge in [-0.2, -0.15) is 0 Å². The molecule has 0 heterocycles. The number of para-hydroxylation sites is 2. The van der Waals surface area contributed by atoms with Crippen LogP contribution in [0.1, 0.15) is 26.3 Å². The number of hydrogen-bond donors (Lipinski definition) is 2. The molecule has 0 atom stereocenters. The lowest BCUT2D eigenvalue weighted by molar-refractivity contribution is -0.384. The van der Waals surface area contributed by atoms with Crippen molar-refractivity contribution in [1.82, 2.24) is 5.32 Å². The molecule has 2 N–H and O–H groups in total. The molecular weight excluding hydrogens is 370 g/mol. The Morgan fingerprint density at radius 3 is 2.14 bits per heavy atom. The van der Waals surface area contributed by atoms with E-state index in [2.05, 4.69) is 10.6 Å². The van der Waals surface area contributed by atoms with Gasteiger partial charge in [0.1, 0.15) is 5.69 Å². The number of nitrogens with one attached hydrogen (secondary N) is 2. The number of benzene rings is 3. The van der Waals surface area contributed by atoms with Crippen LogP contribution in [0.2, 0.25) is 0 Å². The van der Waals surface area contributed by atoms with E-state index >= 15 is 0 Å². The highest BCUT2D eigenvalue weighted by molar-refractivity contribution is 6.15. The molecule has 7 nitrogen and oxygen atoms in total. The van der Waals surface area contributed by atoms with Crippen LogP contribution < -0.4 is 10.6 Å². The Kier molecular flexibility index (Phi) is 6.32. The van der Waals surface area contributed by atoms with Crippen LogP contribution in [0.25, 0.3) is 0 Å². The van der Waals surface area contributed by atoms with Crippen molar-refractivity contribution in [3.8, 4) is 0 Å². The molecule has 0 fully saturated rings. The minimum absolute atomic E-state index is 0.0300. The van der Waals surface area contributed by atoms with Crippen molar-refractivity contribution in [3.63, 3.8) is 0 Å². The lowest BCUT2D eigenvalue weighted by atomic mass is 9.98. The molecule has 0 unspecified atom stereocenters. The molecule has 1 amide bonds. The Morgan fingerprint density at radius 1 is 0.793 bits per heavy atom. The summed E-state index contributed by atoms with van der Waals surface area (Å²) in [5.41, 5.74) is 1.46. The summed E-state index contributed by atoms with van der Waals surface area (Å²) in [6.45, 7) is 0.532. The van der Waals surface area contributed by atoms with Gasteiger partial charge in [0.15, 0.2) is 5.78 Å². The standard InChI is InChI=1S/C22H19N3O4/c26-21(16-8-2-1-3-9-16)17-10-4-5-11-18(17)22(27)24-15-14-23-19-12-6-7-13-20(19)25(28)29/h1-13,23H,14-15H2,(H,24,27). The number of nitro groups is 1. The zero-order valence-corrected chi connectivity index (χ0v) is 15.5. The van der Waals surface area contributed by atoms with E-state index in [0.717, 1.165) is 0 Å². The molecule has 3 aromatic carbocycles. The molecule has 0 saturated carbocycles. The van der Waals surface area contributed by atoms with Crippen molar-refractivity contribution in [2.24, 2.45) is 0 Å². The van der Waals surface area contributed by atoms with E-state index in [0.29, 0.717) is 23.4 Å². The first-order chi connectivity index (χ1) is 14.1. The summed E-state index contributed by atoms with van der Waals surface area (Å²) in [6.07, 6.45) is 0. The number of anilines is 1. The fraction of sp³-hybridized carbons (Fsp3) is 0.0909. The Balaban J connectivity index is 1.64. The van der Waals surface area contributed by atoms with Crippen molar-refractivity contribution in [2.45, 2.75) is 0 Å². The second kappa shape index (κ2) is 9.27. The van der Waals surface area contributed by atoms with Crippen molar-refractivity contribution in [1.29, 1.82) is 0 Å². The number of nitrogens with zero attached hydrogens (tertiary/aromatic N) is 1. The predicted octanol–water partition coefficient (Wildman–Crippen LogP) is 3.67. The minimum Gasteiger partial charge on any atom is -0.378 e. The van der Waals surface area contributed by atoms with E-state index < -0.39 is 4.92 Å². The van der Waals surface area contributed by atoms with Crippen LogP contribution in [0.5, 0.6) is 0 Å². The number of nitro benzene ring substituents is 1. The van der Waals surface area contributed by atoms with E-state index in [-0.39, 0.29) is 29.5 Å². The number of rotatable bonds is 8. The maximum atomic E-state index is 12.7. The van der Waals surface area contributed by atoms with E-state index in [4.69, 9.17) is 0 Å². The molecule has 3 aromatic rings. The summed E-state index contributed by atoms with van der Waals surface area (Å²) in [6, 6.07) is 21.7. The van der Waals surface area contributed by atoms with E-state index in [1.807, 2.05) is 6.07 Å². The summed E-state index contributed by atoms with van der Waals surface area (Å²) in [4.78, 5) is 35.9. The highest BCUT2D eigenvalue weighted by atomic mass is 16.6. The first-order valence-electron chi connectivity index (χ1n) is 9.02. The third kappa shape index (κ3) is 4.84. The van der Waals surface area contributed by atoms with E-state index in [9.17, 15) is 19.7 Å². The summed E-state index contributed by atoms with van der Waals surface area (Å²) < 4.78 is 0. The molecule has 0 saturated heterocycles. The molecular formula is C22H19N3O4.